The van der Waals surface area contributed by atoms with Crippen LogP contribution in [0.5, 0.6) is 0 Å². The summed E-state index contributed by atoms with van der Waals surface area (Å²) in [6, 6.07) is 0.534. The van der Waals surface area contributed by atoms with Crippen molar-refractivity contribution in [2.24, 2.45) is 5.18 Å². The Morgan fingerprint density at radius 2 is 1.87 bits per heavy atom. The predicted molar refractivity (Wildman–Crippen MR) is 56.4 cm³/mol. The average Bonchev–Trinajstić information content (AvgIpc) is 2.16. The zero-order valence-electron chi connectivity index (χ0n) is 9.06. The SMILES string of the molecule is CC(=O)N1CC(N2CCC(N=O)CC2)C1. The first-order valence-electron chi connectivity index (χ1n) is 5.52. The van der Waals surface area contributed by atoms with Gasteiger partial charge in [-0.1, -0.05) is 5.18 Å². The third kappa shape index (κ3) is 2.17. The van der Waals surface area contributed by atoms with Gasteiger partial charge in [-0.25, -0.2) is 0 Å². The van der Waals surface area contributed by atoms with E-state index in [1.54, 1.807) is 6.92 Å². The molecule has 2 fully saturated rings. The molecule has 0 saturated carbocycles. The fraction of sp³-hybridized carbons (Fsp3) is 0.900. The van der Waals surface area contributed by atoms with Crippen LogP contribution in [-0.2, 0) is 4.79 Å². The van der Waals surface area contributed by atoms with E-state index in [-0.39, 0.29) is 11.9 Å². The standard InChI is InChI=1S/C10H17N3O2/c1-8(14)13-6-10(7-13)12-4-2-9(11-15)3-5-12/h9-10H,2-7H2,1H3. The van der Waals surface area contributed by atoms with Crippen LogP contribution in [0.2, 0.25) is 0 Å². The number of rotatable bonds is 2. The minimum Gasteiger partial charge on any atom is -0.340 e. The number of hydrogen-bond donors (Lipinski definition) is 0. The smallest absolute Gasteiger partial charge is 0.219 e. The van der Waals surface area contributed by atoms with E-state index in [9.17, 15) is 9.70 Å². The van der Waals surface area contributed by atoms with Crippen molar-refractivity contribution in [3.63, 3.8) is 0 Å². The minimum absolute atomic E-state index is 0.0187. The fourth-order valence-electron chi connectivity index (χ4n) is 2.30. The van der Waals surface area contributed by atoms with Gasteiger partial charge in [0.05, 0.1) is 6.04 Å². The Labute approximate surface area is 89.4 Å². The third-order valence-electron chi connectivity index (χ3n) is 3.47. The Morgan fingerprint density at radius 1 is 1.27 bits per heavy atom. The molecule has 0 unspecified atom stereocenters. The zero-order chi connectivity index (χ0) is 10.8. The molecule has 2 rings (SSSR count). The second-order valence-corrected chi connectivity index (χ2v) is 4.45. The van der Waals surface area contributed by atoms with Gasteiger partial charge in [-0.2, -0.15) is 4.91 Å². The first-order chi connectivity index (χ1) is 7.20. The van der Waals surface area contributed by atoms with Crippen LogP contribution in [0, 0.1) is 4.91 Å². The molecule has 0 atom stereocenters. The van der Waals surface area contributed by atoms with Gasteiger partial charge in [-0.15, -0.1) is 0 Å². The van der Waals surface area contributed by atoms with Crippen molar-refractivity contribution >= 4 is 5.91 Å². The van der Waals surface area contributed by atoms with E-state index in [4.69, 9.17) is 0 Å². The molecule has 2 saturated heterocycles. The van der Waals surface area contributed by atoms with E-state index < -0.39 is 0 Å². The highest BCUT2D eigenvalue weighted by Crippen LogP contribution is 2.21. The number of amides is 1. The van der Waals surface area contributed by atoms with E-state index in [2.05, 4.69) is 10.1 Å². The summed E-state index contributed by atoms with van der Waals surface area (Å²) in [5.41, 5.74) is 0. The minimum atomic E-state index is 0.0187. The summed E-state index contributed by atoms with van der Waals surface area (Å²) >= 11 is 0. The third-order valence-corrected chi connectivity index (χ3v) is 3.47. The van der Waals surface area contributed by atoms with Gasteiger partial charge in [0.25, 0.3) is 0 Å². The summed E-state index contributed by atoms with van der Waals surface area (Å²) in [4.78, 5) is 25.6. The van der Waals surface area contributed by atoms with Crippen LogP contribution in [-0.4, -0.2) is 54.0 Å². The van der Waals surface area contributed by atoms with Crippen molar-refractivity contribution in [1.82, 2.24) is 9.80 Å². The highest BCUT2D eigenvalue weighted by molar-refractivity contribution is 5.74. The molecule has 0 aromatic rings. The molecule has 5 heteroatoms. The van der Waals surface area contributed by atoms with Gasteiger partial charge in [0, 0.05) is 39.1 Å². The monoisotopic (exact) mass is 211 g/mol. The predicted octanol–water partition coefficient (Wildman–Crippen LogP) is 0.448. The molecule has 0 aliphatic carbocycles. The molecule has 2 aliphatic heterocycles. The molecule has 0 aromatic carbocycles. The lowest BCUT2D eigenvalue weighted by atomic mass is 10.0. The first-order valence-corrected chi connectivity index (χ1v) is 5.52. The highest BCUT2D eigenvalue weighted by Gasteiger charge is 2.35. The van der Waals surface area contributed by atoms with Crippen LogP contribution in [0.15, 0.2) is 5.18 Å². The fourth-order valence-corrected chi connectivity index (χ4v) is 2.30. The molecule has 0 radical (unpaired) electrons. The number of likely N-dealkylation sites (tertiary alicyclic amines) is 2. The quantitative estimate of drug-likeness (QED) is 0.623. The van der Waals surface area contributed by atoms with Crippen molar-refractivity contribution in [2.75, 3.05) is 26.2 Å². The number of piperidine rings is 1. The Hall–Kier alpha value is -0.970. The molecule has 0 spiro atoms. The van der Waals surface area contributed by atoms with Crippen molar-refractivity contribution in [2.45, 2.75) is 31.8 Å². The van der Waals surface area contributed by atoms with Gasteiger partial charge in [-0.3, -0.25) is 9.69 Å². The number of nitroso groups, excluding NO2 is 1. The van der Waals surface area contributed by atoms with Crippen LogP contribution >= 0.6 is 0 Å². The van der Waals surface area contributed by atoms with Crippen LogP contribution in [0.25, 0.3) is 0 Å². The lowest BCUT2D eigenvalue weighted by Crippen LogP contribution is -2.61. The van der Waals surface area contributed by atoms with Crippen molar-refractivity contribution < 1.29 is 4.79 Å². The van der Waals surface area contributed by atoms with Gasteiger partial charge in [0.1, 0.15) is 0 Å². The van der Waals surface area contributed by atoms with Gasteiger partial charge < -0.3 is 4.90 Å². The van der Waals surface area contributed by atoms with E-state index in [1.165, 1.54) is 0 Å². The van der Waals surface area contributed by atoms with Crippen LogP contribution < -0.4 is 0 Å². The van der Waals surface area contributed by atoms with Crippen LogP contribution in [0.4, 0.5) is 0 Å². The van der Waals surface area contributed by atoms with E-state index in [1.807, 2.05) is 4.90 Å². The average molecular weight is 211 g/mol. The Kier molecular flexibility index (Phi) is 3.00. The number of carbonyl (C=O) groups excluding carboxylic acids is 1. The summed E-state index contributed by atoms with van der Waals surface area (Å²) in [7, 11) is 0. The van der Waals surface area contributed by atoms with Gasteiger partial charge >= 0.3 is 0 Å². The molecular formula is C10H17N3O2. The Balaban J connectivity index is 1.74. The lowest BCUT2D eigenvalue weighted by molar-refractivity contribution is -0.136. The molecule has 0 aromatic heterocycles. The normalized spacial score (nSPS) is 25.0. The van der Waals surface area contributed by atoms with E-state index in [0.29, 0.717) is 6.04 Å². The molecular weight excluding hydrogens is 194 g/mol. The lowest BCUT2D eigenvalue weighted by Gasteiger charge is -2.46. The van der Waals surface area contributed by atoms with E-state index in [0.717, 1.165) is 39.0 Å². The topological polar surface area (TPSA) is 53.0 Å². The maximum absolute atomic E-state index is 11.0. The maximum Gasteiger partial charge on any atom is 0.219 e. The largest absolute Gasteiger partial charge is 0.340 e. The molecule has 2 heterocycles. The van der Waals surface area contributed by atoms with Gasteiger partial charge in [0.15, 0.2) is 0 Å². The van der Waals surface area contributed by atoms with Crippen molar-refractivity contribution in [3.8, 4) is 0 Å². The highest BCUT2D eigenvalue weighted by atomic mass is 16.3. The van der Waals surface area contributed by atoms with Crippen molar-refractivity contribution in [3.05, 3.63) is 4.91 Å². The molecule has 0 bridgehead atoms. The van der Waals surface area contributed by atoms with Gasteiger partial charge in [0.2, 0.25) is 5.91 Å². The zero-order valence-corrected chi connectivity index (χ0v) is 9.06. The molecule has 84 valence electrons. The van der Waals surface area contributed by atoms with Gasteiger partial charge in [-0.05, 0) is 12.8 Å². The maximum atomic E-state index is 11.0. The summed E-state index contributed by atoms with van der Waals surface area (Å²) < 4.78 is 0. The molecule has 15 heavy (non-hydrogen) atoms. The molecule has 0 N–H and O–H groups in total. The number of nitrogens with zero attached hydrogens (tertiary/aromatic N) is 3. The molecule has 1 amide bonds. The molecule has 5 nitrogen and oxygen atoms in total. The summed E-state index contributed by atoms with van der Waals surface area (Å²) in [6.45, 7) is 5.22. The first kappa shape index (κ1) is 10.5. The second-order valence-electron chi connectivity index (χ2n) is 4.45. The summed E-state index contributed by atoms with van der Waals surface area (Å²) in [5, 5.41) is 3.09. The van der Waals surface area contributed by atoms with Crippen LogP contribution in [0.3, 0.4) is 0 Å². The Bertz CT molecular complexity index is 255. The number of hydrogen-bond acceptors (Lipinski definition) is 4. The van der Waals surface area contributed by atoms with E-state index >= 15 is 0 Å². The second kappa shape index (κ2) is 4.26. The summed E-state index contributed by atoms with van der Waals surface area (Å²) in [6.07, 6.45) is 1.75. The Morgan fingerprint density at radius 3 is 2.33 bits per heavy atom. The number of carbonyl (C=O) groups is 1. The molecule has 2 aliphatic rings. The van der Waals surface area contributed by atoms with Crippen LogP contribution in [0.1, 0.15) is 19.8 Å². The summed E-state index contributed by atoms with van der Waals surface area (Å²) in [5.74, 6) is 0.163. The van der Waals surface area contributed by atoms with Crippen molar-refractivity contribution in [1.29, 1.82) is 0 Å².